The summed E-state index contributed by atoms with van der Waals surface area (Å²) in [5, 5.41) is 5.33. The zero-order valence-electron chi connectivity index (χ0n) is 8.49. The molecular weight excluding hydrogens is 260 g/mol. The zero-order valence-corrected chi connectivity index (χ0v) is 10.1. The van der Waals surface area contributed by atoms with Crippen LogP contribution in [0.15, 0.2) is 29.8 Å². The summed E-state index contributed by atoms with van der Waals surface area (Å²) >= 11 is 10.4. The van der Waals surface area contributed by atoms with Crippen molar-refractivity contribution < 1.29 is 9.59 Å². The van der Waals surface area contributed by atoms with E-state index in [0.29, 0.717) is 10.6 Å². The van der Waals surface area contributed by atoms with E-state index in [1.807, 2.05) is 0 Å². The van der Waals surface area contributed by atoms with Crippen LogP contribution in [0.4, 0.5) is 0 Å². The van der Waals surface area contributed by atoms with E-state index >= 15 is 0 Å². The van der Waals surface area contributed by atoms with Crippen molar-refractivity contribution in [2.45, 2.75) is 0 Å². The highest BCUT2D eigenvalue weighted by Crippen LogP contribution is 2.13. The van der Waals surface area contributed by atoms with Gasteiger partial charge >= 0.3 is 0 Å². The van der Waals surface area contributed by atoms with Crippen LogP contribution >= 0.6 is 23.8 Å². The van der Waals surface area contributed by atoms with Crippen LogP contribution < -0.4 is 10.6 Å². The Morgan fingerprint density at radius 3 is 2.12 bits per heavy atom. The van der Waals surface area contributed by atoms with Crippen LogP contribution in [0.1, 0.15) is 5.56 Å². The lowest BCUT2D eigenvalue weighted by Crippen LogP contribution is -2.51. The first kappa shape index (κ1) is 11.8. The molecule has 1 aliphatic heterocycles. The van der Waals surface area contributed by atoms with Gasteiger partial charge in [0.1, 0.15) is 5.57 Å². The monoisotopic (exact) mass is 266 g/mol. The summed E-state index contributed by atoms with van der Waals surface area (Å²) in [4.78, 5) is 23.1. The number of nitrogens with one attached hydrogen (secondary N) is 2. The molecule has 1 saturated heterocycles. The normalized spacial score (nSPS) is 15.4. The molecule has 0 bridgehead atoms. The van der Waals surface area contributed by atoms with E-state index in [1.54, 1.807) is 24.3 Å². The smallest absolute Gasteiger partial charge is 0.263 e. The predicted octanol–water partition coefficient (Wildman–Crippen LogP) is 1.25. The van der Waals surface area contributed by atoms with Crippen LogP contribution in [0.2, 0.25) is 5.02 Å². The fourth-order valence-corrected chi connectivity index (χ4v) is 1.64. The van der Waals surface area contributed by atoms with Crippen molar-refractivity contribution >= 4 is 46.8 Å². The van der Waals surface area contributed by atoms with Crippen molar-refractivity contribution in [3.05, 3.63) is 40.4 Å². The zero-order chi connectivity index (χ0) is 12.4. The highest BCUT2D eigenvalue weighted by Gasteiger charge is 2.25. The average Bonchev–Trinajstić information content (AvgIpc) is 2.26. The van der Waals surface area contributed by atoms with Gasteiger partial charge in [0.2, 0.25) is 0 Å². The largest absolute Gasteiger partial charge is 0.299 e. The number of carbonyl (C=O) groups is 2. The summed E-state index contributed by atoms with van der Waals surface area (Å²) in [5.41, 5.74) is 0.725. The molecule has 2 amide bonds. The van der Waals surface area contributed by atoms with Crippen molar-refractivity contribution in [2.24, 2.45) is 0 Å². The predicted molar refractivity (Wildman–Crippen MR) is 68.3 cm³/mol. The van der Waals surface area contributed by atoms with Crippen LogP contribution in [-0.4, -0.2) is 16.9 Å². The highest BCUT2D eigenvalue weighted by molar-refractivity contribution is 7.80. The Morgan fingerprint density at radius 1 is 1.06 bits per heavy atom. The second-order valence-electron chi connectivity index (χ2n) is 3.35. The Bertz CT molecular complexity index is 515. The summed E-state index contributed by atoms with van der Waals surface area (Å²) in [6.07, 6.45) is 1.47. The van der Waals surface area contributed by atoms with Crippen LogP contribution in [0.3, 0.4) is 0 Å². The highest BCUT2D eigenvalue weighted by atomic mass is 35.5. The van der Waals surface area contributed by atoms with Gasteiger partial charge in [-0.25, -0.2) is 0 Å². The minimum atomic E-state index is -0.506. The molecule has 0 atom stereocenters. The summed E-state index contributed by atoms with van der Waals surface area (Å²) in [5.74, 6) is -1.01. The molecule has 6 heteroatoms. The van der Waals surface area contributed by atoms with Gasteiger partial charge in [0, 0.05) is 5.02 Å². The lowest BCUT2D eigenvalue weighted by Gasteiger charge is -2.16. The second kappa shape index (κ2) is 4.65. The number of amides is 2. The van der Waals surface area contributed by atoms with E-state index in [4.69, 9.17) is 11.6 Å². The minimum Gasteiger partial charge on any atom is -0.299 e. The van der Waals surface area contributed by atoms with Gasteiger partial charge in [-0.1, -0.05) is 23.7 Å². The number of carbonyl (C=O) groups excluding carboxylic acids is 2. The molecule has 2 rings (SSSR count). The molecule has 17 heavy (non-hydrogen) atoms. The first-order valence-electron chi connectivity index (χ1n) is 4.70. The van der Waals surface area contributed by atoms with Crippen molar-refractivity contribution in [2.75, 3.05) is 0 Å². The number of thiocarbonyl (C=S) groups is 1. The van der Waals surface area contributed by atoms with E-state index in [2.05, 4.69) is 22.9 Å². The Kier molecular flexibility index (Phi) is 3.21. The van der Waals surface area contributed by atoms with Crippen molar-refractivity contribution in [3.63, 3.8) is 0 Å². The lowest BCUT2D eigenvalue weighted by atomic mass is 10.1. The first-order chi connectivity index (χ1) is 8.06. The SMILES string of the molecule is O=C1NC(=S)NC(=O)C1=Cc1ccc(Cl)cc1. The molecule has 86 valence electrons. The summed E-state index contributed by atoms with van der Waals surface area (Å²) in [7, 11) is 0. The molecule has 0 unspecified atom stereocenters. The third-order valence-electron chi connectivity index (χ3n) is 2.12. The van der Waals surface area contributed by atoms with Crippen molar-refractivity contribution in [1.82, 2.24) is 10.6 Å². The van der Waals surface area contributed by atoms with E-state index in [-0.39, 0.29) is 10.7 Å². The molecule has 1 aromatic rings. The Balaban J connectivity index is 2.32. The topological polar surface area (TPSA) is 58.2 Å². The van der Waals surface area contributed by atoms with Crippen molar-refractivity contribution in [3.8, 4) is 0 Å². The van der Waals surface area contributed by atoms with E-state index in [9.17, 15) is 9.59 Å². The molecule has 0 aliphatic carbocycles. The second-order valence-corrected chi connectivity index (χ2v) is 4.19. The molecule has 0 spiro atoms. The van der Waals surface area contributed by atoms with Crippen LogP contribution in [0.25, 0.3) is 6.08 Å². The molecule has 1 fully saturated rings. The molecule has 1 heterocycles. The van der Waals surface area contributed by atoms with Crippen LogP contribution in [0, 0.1) is 0 Å². The fraction of sp³-hybridized carbons (Fsp3) is 0. The third kappa shape index (κ3) is 2.69. The van der Waals surface area contributed by atoms with E-state index < -0.39 is 11.8 Å². The van der Waals surface area contributed by atoms with Crippen LogP contribution in [0.5, 0.6) is 0 Å². The number of rotatable bonds is 1. The standard InChI is InChI=1S/C11H7ClN2O2S/c12-7-3-1-6(2-4-7)5-8-9(15)13-11(17)14-10(8)16/h1-5H,(H2,13,14,15,16,17). The number of hydrogen-bond donors (Lipinski definition) is 2. The van der Waals surface area contributed by atoms with Gasteiger partial charge in [-0.2, -0.15) is 0 Å². The average molecular weight is 267 g/mol. The molecule has 0 saturated carbocycles. The minimum absolute atomic E-state index is 0.0147. The number of halogens is 1. The maximum Gasteiger partial charge on any atom is 0.263 e. The molecule has 0 aromatic heterocycles. The molecule has 1 aliphatic rings. The Morgan fingerprint density at radius 2 is 1.59 bits per heavy atom. The quantitative estimate of drug-likeness (QED) is 0.457. The Labute approximate surface area is 108 Å². The number of hydrogen-bond acceptors (Lipinski definition) is 3. The maximum atomic E-state index is 11.5. The fourth-order valence-electron chi connectivity index (χ4n) is 1.33. The van der Waals surface area contributed by atoms with Crippen molar-refractivity contribution in [1.29, 1.82) is 0 Å². The lowest BCUT2D eigenvalue weighted by molar-refractivity contribution is -0.123. The molecule has 2 N–H and O–H groups in total. The van der Waals surface area contributed by atoms with Crippen LogP contribution in [-0.2, 0) is 9.59 Å². The van der Waals surface area contributed by atoms with E-state index in [1.165, 1.54) is 6.08 Å². The first-order valence-corrected chi connectivity index (χ1v) is 5.49. The van der Waals surface area contributed by atoms with Gasteiger partial charge in [-0.3, -0.25) is 20.2 Å². The van der Waals surface area contributed by atoms with Gasteiger partial charge in [-0.05, 0) is 36.0 Å². The van der Waals surface area contributed by atoms with Gasteiger partial charge < -0.3 is 0 Å². The van der Waals surface area contributed by atoms with Gasteiger partial charge in [0.05, 0.1) is 0 Å². The maximum absolute atomic E-state index is 11.5. The molecular formula is C11H7ClN2O2S. The molecule has 0 radical (unpaired) electrons. The summed E-state index contributed by atoms with van der Waals surface area (Å²) in [6, 6.07) is 6.78. The summed E-state index contributed by atoms with van der Waals surface area (Å²) in [6.45, 7) is 0. The number of benzene rings is 1. The van der Waals surface area contributed by atoms with Gasteiger partial charge in [0.15, 0.2) is 5.11 Å². The van der Waals surface area contributed by atoms with Gasteiger partial charge in [-0.15, -0.1) is 0 Å². The molecule has 1 aromatic carbocycles. The van der Waals surface area contributed by atoms with Gasteiger partial charge in [0.25, 0.3) is 11.8 Å². The Hall–Kier alpha value is -1.72. The summed E-state index contributed by atoms with van der Waals surface area (Å²) < 4.78 is 0. The van der Waals surface area contributed by atoms with E-state index in [0.717, 1.165) is 0 Å². The third-order valence-corrected chi connectivity index (χ3v) is 2.58. The molecule has 4 nitrogen and oxygen atoms in total.